The van der Waals surface area contributed by atoms with E-state index in [1.807, 2.05) is 13.0 Å². The molecule has 4 heteroatoms. The molecule has 17 heavy (non-hydrogen) atoms. The minimum Gasteiger partial charge on any atom is -0.280 e. The Morgan fingerprint density at radius 3 is 2.41 bits per heavy atom. The van der Waals surface area contributed by atoms with Gasteiger partial charge in [-0.3, -0.25) is 9.36 Å². The van der Waals surface area contributed by atoms with Gasteiger partial charge < -0.3 is 0 Å². The fourth-order valence-corrected chi connectivity index (χ4v) is 1.75. The average molecular weight is 245 g/mol. The van der Waals surface area contributed by atoms with Gasteiger partial charge in [0.05, 0.1) is 0 Å². The minimum absolute atomic E-state index is 0.130. The van der Waals surface area contributed by atoms with Crippen LogP contribution in [0.1, 0.15) is 11.3 Å². The molecule has 0 aliphatic rings. The van der Waals surface area contributed by atoms with Crippen molar-refractivity contribution < 1.29 is 0 Å². The largest absolute Gasteiger partial charge is 0.280 e. The van der Waals surface area contributed by atoms with Crippen LogP contribution in [-0.2, 0) is 0 Å². The van der Waals surface area contributed by atoms with Gasteiger partial charge in [-0.25, -0.2) is 0 Å². The van der Waals surface area contributed by atoms with Crippen molar-refractivity contribution in [2.45, 2.75) is 6.92 Å². The van der Waals surface area contributed by atoms with E-state index in [-0.39, 0.29) is 11.1 Å². The summed E-state index contributed by atoms with van der Waals surface area (Å²) < 4.78 is 1.49. The number of aromatic nitrogens is 1. The second kappa shape index (κ2) is 4.44. The third kappa shape index (κ3) is 2.08. The molecule has 0 fully saturated rings. The van der Waals surface area contributed by atoms with Gasteiger partial charge in [-0.05, 0) is 43.3 Å². The van der Waals surface area contributed by atoms with Gasteiger partial charge in [-0.15, -0.1) is 0 Å². The highest BCUT2D eigenvalue weighted by Crippen LogP contribution is 2.13. The van der Waals surface area contributed by atoms with Crippen molar-refractivity contribution in [2.24, 2.45) is 0 Å². The summed E-state index contributed by atoms with van der Waals surface area (Å²) >= 11 is 5.80. The molecule has 1 aromatic heterocycles. The first-order valence-electron chi connectivity index (χ1n) is 5.02. The molecule has 84 valence electrons. The van der Waals surface area contributed by atoms with Crippen LogP contribution in [0.25, 0.3) is 5.69 Å². The third-order valence-corrected chi connectivity index (χ3v) is 2.73. The van der Waals surface area contributed by atoms with Gasteiger partial charge in [0.2, 0.25) is 0 Å². The van der Waals surface area contributed by atoms with E-state index in [2.05, 4.69) is 0 Å². The molecule has 0 spiro atoms. The van der Waals surface area contributed by atoms with Gasteiger partial charge in [0.1, 0.15) is 11.6 Å². The van der Waals surface area contributed by atoms with E-state index in [1.54, 1.807) is 30.3 Å². The molecular weight excluding hydrogens is 236 g/mol. The predicted molar refractivity (Wildman–Crippen MR) is 66.5 cm³/mol. The maximum atomic E-state index is 12.0. The van der Waals surface area contributed by atoms with Crippen molar-refractivity contribution in [1.29, 1.82) is 5.26 Å². The van der Waals surface area contributed by atoms with E-state index in [0.717, 1.165) is 5.69 Å². The summed E-state index contributed by atoms with van der Waals surface area (Å²) in [6.07, 6.45) is 0. The maximum absolute atomic E-state index is 12.0. The molecule has 0 saturated heterocycles. The molecule has 1 aromatic carbocycles. The van der Waals surface area contributed by atoms with Gasteiger partial charge in [-0.2, -0.15) is 5.26 Å². The Hall–Kier alpha value is -2.05. The molecule has 0 aliphatic carbocycles. The van der Waals surface area contributed by atoms with Crippen molar-refractivity contribution in [3.63, 3.8) is 0 Å². The molecule has 0 amide bonds. The van der Waals surface area contributed by atoms with Crippen LogP contribution < -0.4 is 5.56 Å². The number of pyridine rings is 1. The summed E-state index contributed by atoms with van der Waals surface area (Å²) in [5, 5.41) is 9.45. The summed E-state index contributed by atoms with van der Waals surface area (Å²) in [6, 6.07) is 12.1. The van der Waals surface area contributed by atoms with Crippen molar-refractivity contribution >= 4 is 11.6 Å². The Morgan fingerprint density at radius 1 is 1.18 bits per heavy atom. The Balaban J connectivity index is 2.71. The molecule has 3 nitrogen and oxygen atoms in total. The molecule has 0 aliphatic heterocycles. The average Bonchev–Trinajstić information content (AvgIpc) is 2.32. The summed E-state index contributed by atoms with van der Waals surface area (Å²) in [6.45, 7) is 1.82. The fraction of sp³-hybridized carbons (Fsp3) is 0.0769. The second-order valence-corrected chi connectivity index (χ2v) is 4.05. The molecule has 0 saturated carbocycles. The predicted octanol–water partition coefficient (Wildman–Crippen LogP) is 2.67. The zero-order chi connectivity index (χ0) is 12.4. The maximum Gasteiger partial charge on any atom is 0.273 e. The number of hydrogen-bond donors (Lipinski definition) is 0. The molecule has 0 atom stereocenters. The lowest BCUT2D eigenvalue weighted by molar-refractivity contribution is 0.928. The SMILES string of the molecule is Cc1ccc(C#N)c(=O)n1-c1ccc(Cl)cc1. The van der Waals surface area contributed by atoms with Gasteiger partial charge in [0, 0.05) is 16.4 Å². The minimum atomic E-state index is -0.310. The van der Waals surface area contributed by atoms with Crippen LogP contribution in [0, 0.1) is 18.3 Å². The molecule has 2 aromatic rings. The van der Waals surface area contributed by atoms with Crippen LogP contribution in [0.15, 0.2) is 41.2 Å². The zero-order valence-corrected chi connectivity index (χ0v) is 9.90. The molecule has 0 radical (unpaired) electrons. The Labute approximate surface area is 104 Å². The van der Waals surface area contributed by atoms with Gasteiger partial charge in [0.15, 0.2) is 0 Å². The van der Waals surface area contributed by atoms with Crippen molar-refractivity contribution in [3.05, 3.63) is 63.0 Å². The van der Waals surface area contributed by atoms with Crippen molar-refractivity contribution in [3.8, 4) is 11.8 Å². The second-order valence-electron chi connectivity index (χ2n) is 3.62. The fourth-order valence-electron chi connectivity index (χ4n) is 1.63. The highest BCUT2D eigenvalue weighted by atomic mass is 35.5. The van der Waals surface area contributed by atoms with E-state index in [0.29, 0.717) is 10.7 Å². The third-order valence-electron chi connectivity index (χ3n) is 2.48. The van der Waals surface area contributed by atoms with Crippen LogP contribution in [0.2, 0.25) is 5.02 Å². The highest BCUT2D eigenvalue weighted by Gasteiger charge is 2.07. The molecule has 2 rings (SSSR count). The molecule has 1 heterocycles. The molecule has 0 N–H and O–H groups in total. The van der Waals surface area contributed by atoms with E-state index in [1.165, 1.54) is 10.6 Å². The van der Waals surface area contributed by atoms with E-state index in [9.17, 15) is 4.79 Å². The topological polar surface area (TPSA) is 45.8 Å². The normalized spacial score (nSPS) is 9.94. The van der Waals surface area contributed by atoms with Gasteiger partial charge in [-0.1, -0.05) is 11.6 Å². The Kier molecular flexibility index (Phi) is 2.99. The molecule has 0 bridgehead atoms. The summed E-state index contributed by atoms with van der Waals surface area (Å²) in [4.78, 5) is 12.0. The lowest BCUT2D eigenvalue weighted by Crippen LogP contribution is -2.22. The molecule has 0 unspecified atom stereocenters. The highest BCUT2D eigenvalue weighted by molar-refractivity contribution is 6.30. The first-order chi connectivity index (χ1) is 8.13. The quantitative estimate of drug-likeness (QED) is 0.774. The number of halogens is 1. The van der Waals surface area contributed by atoms with E-state index < -0.39 is 0 Å². The van der Waals surface area contributed by atoms with Gasteiger partial charge in [0.25, 0.3) is 5.56 Å². The number of hydrogen-bond acceptors (Lipinski definition) is 2. The summed E-state index contributed by atoms with van der Waals surface area (Å²) in [5.41, 5.74) is 1.30. The number of nitriles is 1. The first kappa shape index (κ1) is 11.4. The van der Waals surface area contributed by atoms with Crippen LogP contribution >= 0.6 is 11.6 Å². The lowest BCUT2D eigenvalue weighted by Gasteiger charge is -2.09. The first-order valence-corrected chi connectivity index (χ1v) is 5.40. The van der Waals surface area contributed by atoms with Crippen LogP contribution in [0.5, 0.6) is 0 Å². The number of benzene rings is 1. The molecular formula is C13H9ClN2O. The lowest BCUT2D eigenvalue weighted by atomic mass is 10.2. The van der Waals surface area contributed by atoms with Crippen LogP contribution in [-0.4, -0.2) is 4.57 Å². The van der Waals surface area contributed by atoms with Crippen molar-refractivity contribution in [2.75, 3.05) is 0 Å². The number of aryl methyl sites for hydroxylation is 1. The monoisotopic (exact) mass is 244 g/mol. The smallest absolute Gasteiger partial charge is 0.273 e. The van der Waals surface area contributed by atoms with Crippen LogP contribution in [0.4, 0.5) is 0 Å². The van der Waals surface area contributed by atoms with Crippen LogP contribution in [0.3, 0.4) is 0 Å². The van der Waals surface area contributed by atoms with E-state index in [4.69, 9.17) is 16.9 Å². The number of rotatable bonds is 1. The Bertz CT molecular complexity index is 651. The standard InChI is InChI=1S/C13H9ClN2O/c1-9-2-3-10(8-15)13(17)16(9)12-6-4-11(14)5-7-12/h2-7H,1H3. The van der Waals surface area contributed by atoms with Gasteiger partial charge >= 0.3 is 0 Å². The van der Waals surface area contributed by atoms with E-state index >= 15 is 0 Å². The zero-order valence-electron chi connectivity index (χ0n) is 9.14. The van der Waals surface area contributed by atoms with Crippen molar-refractivity contribution in [1.82, 2.24) is 4.57 Å². The Morgan fingerprint density at radius 2 is 1.82 bits per heavy atom. The summed E-state index contributed by atoms with van der Waals surface area (Å²) in [5.74, 6) is 0. The summed E-state index contributed by atoms with van der Waals surface area (Å²) in [7, 11) is 0. The number of nitrogens with zero attached hydrogens (tertiary/aromatic N) is 2.